The molecule has 0 bridgehead atoms. The summed E-state index contributed by atoms with van der Waals surface area (Å²) in [4.78, 5) is 2.38. The van der Waals surface area contributed by atoms with Crippen LogP contribution < -0.4 is 9.57 Å². The van der Waals surface area contributed by atoms with Crippen LogP contribution in [0.15, 0.2) is 64.6 Å². The average molecular weight is 348 g/mol. The van der Waals surface area contributed by atoms with Gasteiger partial charge in [0.25, 0.3) is 10.0 Å². The largest absolute Gasteiger partial charge is 0.489 e. The van der Waals surface area contributed by atoms with Crippen molar-refractivity contribution in [3.05, 3.63) is 60.2 Å². The number of hydrazone groups is 1. The summed E-state index contributed by atoms with van der Waals surface area (Å²) in [5.74, 6) is 2.79. The predicted octanol–water partition coefficient (Wildman–Crippen LogP) is 2.49. The summed E-state index contributed by atoms with van der Waals surface area (Å²) < 4.78 is 29.8. The zero-order valence-electron chi connectivity index (χ0n) is 12.3. The molecule has 5 nitrogen and oxygen atoms in total. The molecule has 1 aliphatic heterocycles. The van der Waals surface area contributed by atoms with E-state index in [1.165, 1.54) is 18.3 Å². The number of nitrogens with one attached hydrogen (secondary N) is 1. The van der Waals surface area contributed by atoms with Crippen LogP contribution in [0.3, 0.4) is 0 Å². The molecule has 0 aromatic heterocycles. The summed E-state index contributed by atoms with van der Waals surface area (Å²) >= 11 is 1.86. The van der Waals surface area contributed by atoms with Crippen LogP contribution >= 0.6 is 11.8 Å². The van der Waals surface area contributed by atoms with Gasteiger partial charge in [0.05, 0.1) is 11.1 Å². The Morgan fingerprint density at radius 2 is 1.91 bits per heavy atom. The highest BCUT2D eigenvalue weighted by atomic mass is 32.2. The van der Waals surface area contributed by atoms with Crippen molar-refractivity contribution in [2.24, 2.45) is 5.10 Å². The average Bonchev–Trinajstić information content (AvgIpc) is 2.52. The van der Waals surface area contributed by atoms with Gasteiger partial charge in [-0.25, -0.2) is 4.83 Å². The second-order valence-electron chi connectivity index (χ2n) is 5.02. The summed E-state index contributed by atoms with van der Waals surface area (Å²) in [7, 11) is -3.64. The van der Waals surface area contributed by atoms with Crippen molar-refractivity contribution >= 4 is 28.0 Å². The van der Waals surface area contributed by atoms with Crippen molar-refractivity contribution in [1.29, 1.82) is 0 Å². The van der Waals surface area contributed by atoms with E-state index in [0.29, 0.717) is 0 Å². The summed E-state index contributed by atoms with van der Waals surface area (Å²) in [6.45, 7) is 0. The molecular weight excluding hydrogens is 332 g/mol. The molecule has 3 rings (SSSR count). The molecule has 2 aromatic carbocycles. The van der Waals surface area contributed by atoms with Crippen LogP contribution in [0.5, 0.6) is 5.75 Å². The van der Waals surface area contributed by atoms with E-state index in [0.717, 1.165) is 22.8 Å². The zero-order valence-corrected chi connectivity index (χ0v) is 13.9. The Kier molecular flexibility index (Phi) is 4.88. The Morgan fingerprint density at radius 3 is 2.61 bits per heavy atom. The Bertz CT molecular complexity index is 788. The topological polar surface area (TPSA) is 67.8 Å². The molecule has 7 heteroatoms. The van der Waals surface area contributed by atoms with Gasteiger partial charge in [-0.05, 0) is 29.8 Å². The van der Waals surface area contributed by atoms with Crippen molar-refractivity contribution in [3.63, 3.8) is 0 Å². The number of thioether (sulfide) groups is 1. The third-order valence-electron chi connectivity index (χ3n) is 3.21. The highest BCUT2D eigenvalue weighted by molar-refractivity contribution is 8.00. The number of rotatable bonds is 6. The molecule has 0 atom stereocenters. The van der Waals surface area contributed by atoms with Gasteiger partial charge in [0.2, 0.25) is 0 Å². The first-order valence-electron chi connectivity index (χ1n) is 7.08. The van der Waals surface area contributed by atoms with Crippen molar-refractivity contribution in [3.8, 4) is 5.75 Å². The molecule has 120 valence electrons. The Morgan fingerprint density at radius 1 is 1.13 bits per heavy atom. The second kappa shape index (κ2) is 7.06. The maximum absolute atomic E-state index is 12.0. The lowest BCUT2D eigenvalue weighted by Gasteiger charge is -2.25. The summed E-state index contributed by atoms with van der Waals surface area (Å²) in [5, 5.41) is 3.82. The zero-order chi connectivity index (χ0) is 16.1. The van der Waals surface area contributed by atoms with Gasteiger partial charge in [0, 0.05) is 11.5 Å². The molecule has 0 unspecified atom stereocenters. The fourth-order valence-corrected chi connectivity index (χ4v) is 3.34. The van der Waals surface area contributed by atoms with E-state index in [-0.39, 0.29) is 11.0 Å². The number of nitrogens with zero attached hydrogens (tertiary/aromatic N) is 1. The molecular formula is C16H16N2O3S2. The maximum Gasteiger partial charge on any atom is 0.276 e. The molecule has 0 aliphatic carbocycles. The van der Waals surface area contributed by atoms with Crippen LogP contribution in [-0.2, 0) is 10.0 Å². The van der Waals surface area contributed by atoms with E-state index in [2.05, 4.69) is 9.93 Å². The first-order valence-corrected chi connectivity index (χ1v) is 9.72. The molecule has 1 aliphatic rings. The van der Waals surface area contributed by atoms with Crippen molar-refractivity contribution in [2.45, 2.75) is 11.0 Å². The van der Waals surface area contributed by atoms with Crippen LogP contribution in [0.4, 0.5) is 0 Å². The lowest BCUT2D eigenvalue weighted by Crippen LogP contribution is -2.31. The van der Waals surface area contributed by atoms with Gasteiger partial charge in [0.15, 0.2) is 0 Å². The summed E-state index contributed by atoms with van der Waals surface area (Å²) in [5.41, 5.74) is 0.769. The van der Waals surface area contributed by atoms with Crippen LogP contribution in [0.25, 0.3) is 0 Å². The molecule has 1 saturated heterocycles. The van der Waals surface area contributed by atoms with E-state index in [9.17, 15) is 8.42 Å². The van der Waals surface area contributed by atoms with Crippen LogP contribution in [0.1, 0.15) is 5.56 Å². The fraction of sp³-hybridized carbons (Fsp3) is 0.188. The van der Waals surface area contributed by atoms with Gasteiger partial charge >= 0.3 is 0 Å². The normalized spacial score (nSPS) is 15.3. The smallest absolute Gasteiger partial charge is 0.276 e. The highest BCUT2D eigenvalue weighted by Crippen LogP contribution is 2.24. The van der Waals surface area contributed by atoms with Crippen molar-refractivity contribution < 1.29 is 13.2 Å². The molecule has 0 amide bonds. The number of ether oxygens (including phenoxy) is 1. The van der Waals surface area contributed by atoms with E-state index < -0.39 is 10.0 Å². The van der Waals surface area contributed by atoms with E-state index in [1.807, 2.05) is 36.0 Å². The Labute approximate surface area is 139 Å². The Hall–Kier alpha value is -1.99. The van der Waals surface area contributed by atoms with E-state index in [4.69, 9.17) is 4.74 Å². The molecule has 2 aromatic rings. The molecule has 23 heavy (non-hydrogen) atoms. The van der Waals surface area contributed by atoms with Crippen molar-refractivity contribution in [2.75, 3.05) is 11.5 Å². The van der Waals surface area contributed by atoms with E-state index in [1.54, 1.807) is 18.2 Å². The minimum absolute atomic E-state index is 0.178. The number of sulfonamides is 1. The lowest BCUT2D eigenvalue weighted by atomic mass is 10.2. The van der Waals surface area contributed by atoms with Gasteiger partial charge in [0.1, 0.15) is 11.9 Å². The maximum atomic E-state index is 12.0. The van der Waals surface area contributed by atoms with Gasteiger partial charge in [-0.3, -0.25) is 0 Å². The molecule has 1 fully saturated rings. The number of hydrogen-bond acceptors (Lipinski definition) is 5. The molecule has 1 N–H and O–H groups in total. The first kappa shape index (κ1) is 15.9. The first-order chi connectivity index (χ1) is 11.1. The summed E-state index contributed by atoms with van der Waals surface area (Å²) in [6, 6.07) is 15.5. The second-order valence-corrected chi connectivity index (χ2v) is 7.75. The lowest BCUT2D eigenvalue weighted by molar-refractivity contribution is 0.240. The predicted molar refractivity (Wildman–Crippen MR) is 92.5 cm³/mol. The highest BCUT2D eigenvalue weighted by Gasteiger charge is 2.19. The standard InChI is InChI=1S/C16H16N2O3S2/c19-23(20,16-7-2-1-3-8-16)18-17-10-13-5-4-6-14(9-13)21-15-11-22-12-15/h1-10,15,18H,11-12H2/b17-10+. The third-order valence-corrected chi connectivity index (χ3v) is 5.66. The monoisotopic (exact) mass is 348 g/mol. The van der Waals surface area contributed by atoms with Gasteiger partial charge in [-0.1, -0.05) is 30.3 Å². The SMILES string of the molecule is O=S(=O)(N/N=C/c1cccc(OC2CSC2)c1)c1ccccc1. The molecule has 1 heterocycles. The van der Waals surface area contributed by atoms with Crippen LogP contribution in [0.2, 0.25) is 0 Å². The molecule has 0 saturated carbocycles. The van der Waals surface area contributed by atoms with Crippen LogP contribution in [0, 0.1) is 0 Å². The molecule has 0 spiro atoms. The minimum Gasteiger partial charge on any atom is -0.489 e. The van der Waals surface area contributed by atoms with Gasteiger partial charge in [-0.15, -0.1) is 0 Å². The Balaban J connectivity index is 1.64. The number of hydrogen-bond donors (Lipinski definition) is 1. The summed E-state index contributed by atoms with van der Waals surface area (Å²) in [6.07, 6.45) is 1.73. The fourth-order valence-electron chi connectivity index (χ4n) is 1.97. The minimum atomic E-state index is -3.64. The van der Waals surface area contributed by atoms with E-state index >= 15 is 0 Å². The van der Waals surface area contributed by atoms with Gasteiger partial charge < -0.3 is 4.74 Å². The molecule has 0 radical (unpaired) electrons. The van der Waals surface area contributed by atoms with Gasteiger partial charge in [-0.2, -0.15) is 25.3 Å². The van der Waals surface area contributed by atoms with Crippen molar-refractivity contribution in [1.82, 2.24) is 4.83 Å². The van der Waals surface area contributed by atoms with Crippen LogP contribution in [-0.4, -0.2) is 32.2 Å². The number of benzene rings is 2. The third kappa shape index (κ3) is 4.27. The quantitative estimate of drug-likeness (QED) is 0.643.